The lowest BCUT2D eigenvalue weighted by molar-refractivity contribution is -0.117. The minimum absolute atomic E-state index is 0.110. The van der Waals surface area contributed by atoms with Crippen LogP contribution in [-0.2, 0) is 4.79 Å². The zero-order valence-corrected chi connectivity index (χ0v) is 13.4. The second-order valence-electron chi connectivity index (χ2n) is 5.94. The minimum atomic E-state index is -0.148. The van der Waals surface area contributed by atoms with Crippen LogP contribution in [0.5, 0.6) is 0 Å². The van der Waals surface area contributed by atoms with Crippen molar-refractivity contribution in [3.8, 4) is 0 Å². The van der Waals surface area contributed by atoms with Gasteiger partial charge in [-0.3, -0.25) is 9.59 Å². The summed E-state index contributed by atoms with van der Waals surface area (Å²) in [5.41, 5.74) is 4.08. The zero-order valence-electron chi connectivity index (χ0n) is 13.4. The Morgan fingerprint density at radius 1 is 1.13 bits per heavy atom. The molecule has 0 radical (unpaired) electrons. The summed E-state index contributed by atoms with van der Waals surface area (Å²) in [6.45, 7) is 4.59. The Bertz CT molecular complexity index is 768. The second-order valence-corrected chi connectivity index (χ2v) is 5.94. The number of para-hydroxylation sites is 2. The predicted molar refractivity (Wildman–Crippen MR) is 91.9 cm³/mol. The largest absolute Gasteiger partial charge is 0.320 e. The van der Waals surface area contributed by atoms with Crippen LogP contribution in [0.15, 0.2) is 42.5 Å². The minimum Gasteiger partial charge on any atom is -0.320 e. The Kier molecular flexibility index (Phi) is 4.15. The molecule has 2 amide bonds. The molecule has 0 aromatic heterocycles. The fraction of sp³-hybridized carbons (Fsp3) is 0.263. The number of carbonyl (C=O) groups is 2. The van der Waals surface area contributed by atoms with Crippen molar-refractivity contribution in [3.05, 3.63) is 59.2 Å². The predicted octanol–water partition coefficient (Wildman–Crippen LogP) is 3.68. The standard InChI is InChI=1S/C19H20N2O2/c1-13-9-10-14(2)15(12-13)19(23)20-16-6-3-4-7-17(16)21-11-5-8-18(21)22/h3-4,6-7,9-10,12H,5,8,11H2,1-2H3,(H,20,23). The molecule has 0 saturated carbocycles. The lowest BCUT2D eigenvalue weighted by Gasteiger charge is -2.20. The molecule has 0 spiro atoms. The Hall–Kier alpha value is -2.62. The molecule has 118 valence electrons. The number of anilines is 2. The van der Waals surface area contributed by atoms with Gasteiger partial charge in [-0.15, -0.1) is 0 Å². The molecule has 1 aliphatic rings. The molecule has 0 unspecified atom stereocenters. The second kappa shape index (κ2) is 6.24. The molecule has 1 fully saturated rings. The molecule has 4 nitrogen and oxygen atoms in total. The maximum Gasteiger partial charge on any atom is 0.255 e. The van der Waals surface area contributed by atoms with Gasteiger partial charge in [0.2, 0.25) is 5.91 Å². The highest BCUT2D eigenvalue weighted by Gasteiger charge is 2.24. The van der Waals surface area contributed by atoms with Crippen LogP contribution >= 0.6 is 0 Å². The number of rotatable bonds is 3. The molecule has 0 bridgehead atoms. The molecule has 1 N–H and O–H groups in total. The van der Waals surface area contributed by atoms with Crippen LogP contribution in [0.1, 0.15) is 34.3 Å². The third-order valence-electron chi connectivity index (χ3n) is 4.15. The monoisotopic (exact) mass is 308 g/mol. The molecule has 2 aromatic rings. The molecule has 0 aliphatic carbocycles. The van der Waals surface area contributed by atoms with Gasteiger partial charge in [0.25, 0.3) is 5.91 Å². The number of aryl methyl sites for hydroxylation is 2. The molecule has 3 rings (SSSR count). The van der Waals surface area contributed by atoms with Crippen LogP contribution < -0.4 is 10.2 Å². The summed E-state index contributed by atoms with van der Waals surface area (Å²) in [7, 11) is 0. The number of nitrogens with zero attached hydrogens (tertiary/aromatic N) is 1. The Balaban J connectivity index is 1.90. The molecular formula is C19H20N2O2. The summed E-state index contributed by atoms with van der Waals surface area (Å²) in [5, 5.41) is 2.96. The Morgan fingerprint density at radius 3 is 2.65 bits per heavy atom. The van der Waals surface area contributed by atoms with Crippen LogP contribution in [0.25, 0.3) is 0 Å². The smallest absolute Gasteiger partial charge is 0.255 e. The first-order valence-corrected chi connectivity index (χ1v) is 7.84. The van der Waals surface area contributed by atoms with Crippen LogP contribution in [0.4, 0.5) is 11.4 Å². The lowest BCUT2D eigenvalue weighted by Crippen LogP contribution is -2.25. The van der Waals surface area contributed by atoms with Gasteiger partial charge in [0.15, 0.2) is 0 Å². The summed E-state index contributed by atoms with van der Waals surface area (Å²) in [5.74, 6) is -0.0382. The zero-order chi connectivity index (χ0) is 16.4. The van der Waals surface area contributed by atoms with Gasteiger partial charge in [0, 0.05) is 18.5 Å². The van der Waals surface area contributed by atoms with E-state index in [1.807, 2.05) is 56.3 Å². The van der Waals surface area contributed by atoms with E-state index in [1.54, 1.807) is 4.90 Å². The van der Waals surface area contributed by atoms with Gasteiger partial charge >= 0.3 is 0 Å². The summed E-state index contributed by atoms with van der Waals surface area (Å²) in [6.07, 6.45) is 1.43. The van der Waals surface area contributed by atoms with Crippen LogP contribution in [0, 0.1) is 13.8 Å². The van der Waals surface area contributed by atoms with E-state index in [-0.39, 0.29) is 11.8 Å². The van der Waals surface area contributed by atoms with Gasteiger partial charge in [-0.05, 0) is 44.0 Å². The van der Waals surface area contributed by atoms with E-state index in [1.165, 1.54) is 0 Å². The van der Waals surface area contributed by atoms with Crippen LogP contribution in [-0.4, -0.2) is 18.4 Å². The van der Waals surface area contributed by atoms with Crippen molar-refractivity contribution in [2.24, 2.45) is 0 Å². The molecule has 1 heterocycles. The van der Waals surface area contributed by atoms with Gasteiger partial charge in [0.05, 0.1) is 11.4 Å². The van der Waals surface area contributed by atoms with E-state index in [4.69, 9.17) is 0 Å². The van der Waals surface area contributed by atoms with Gasteiger partial charge < -0.3 is 10.2 Å². The van der Waals surface area contributed by atoms with E-state index in [0.29, 0.717) is 24.2 Å². The first kappa shape index (κ1) is 15.3. The van der Waals surface area contributed by atoms with Crippen molar-refractivity contribution in [3.63, 3.8) is 0 Å². The van der Waals surface area contributed by atoms with E-state index in [9.17, 15) is 9.59 Å². The third-order valence-corrected chi connectivity index (χ3v) is 4.15. The number of hydrogen-bond acceptors (Lipinski definition) is 2. The van der Waals surface area contributed by atoms with Crippen molar-refractivity contribution in [2.45, 2.75) is 26.7 Å². The van der Waals surface area contributed by atoms with Gasteiger partial charge in [-0.2, -0.15) is 0 Å². The average Bonchev–Trinajstić information content (AvgIpc) is 2.96. The highest BCUT2D eigenvalue weighted by Crippen LogP contribution is 2.29. The van der Waals surface area contributed by atoms with Crippen molar-refractivity contribution in [1.29, 1.82) is 0 Å². The molecule has 1 aliphatic heterocycles. The van der Waals surface area contributed by atoms with Crippen LogP contribution in [0.3, 0.4) is 0 Å². The number of hydrogen-bond donors (Lipinski definition) is 1. The maximum atomic E-state index is 12.6. The van der Waals surface area contributed by atoms with E-state index in [0.717, 1.165) is 23.2 Å². The summed E-state index contributed by atoms with van der Waals surface area (Å²) >= 11 is 0. The number of benzene rings is 2. The van der Waals surface area contributed by atoms with Gasteiger partial charge in [-0.25, -0.2) is 0 Å². The Morgan fingerprint density at radius 2 is 1.91 bits per heavy atom. The topological polar surface area (TPSA) is 49.4 Å². The Labute approximate surface area is 136 Å². The molecule has 1 saturated heterocycles. The van der Waals surface area contributed by atoms with E-state index < -0.39 is 0 Å². The fourth-order valence-corrected chi connectivity index (χ4v) is 2.89. The molecular weight excluding hydrogens is 288 g/mol. The summed E-state index contributed by atoms with van der Waals surface area (Å²) in [4.78, 5) is 26.4. The highest BCUT2D eigenvalue weighted by atomic mass is 16.2. The number of carbonyl (C=O) groups excluding carboxylic acids is 2. The van der Waals surface area contributed by atoms with Crippen molar-refractivity contribution >= 4 is 23.2 Å². The highest BCUT2D eigenvalue weighted by molar-refractivity contribution is 6.08. The van der Waals surface area contributed by atoms with Gasteiger partial charge in [0.1, 0.15) is 0 Å². The third kappa shape index (κ3) is 3.11. The SMILES string of the molecule is Cc1ccc(C)c(C(=O)Nc2ccccc2N2CCCC2=O)c1. The molecule has 4 heteroatoms. The van der Waals surface area contributed by atoms with E-state index in [2.05, 4.69) is 5.32 Å². The molecule has 2 aromatic carbocycles. The maximum absolute atomic E-state index is 12.6. The quantitative estimate of drug-likeness (QED) is 0.940. The van der Waals surface area contributed by atoms with Crippen molar-refractivity contribution < 1.29 is 9.59 Å². The first-order chi connectivity index (χ1) is 11.1. The number of nitrogens with one attached hydrogen (secondary N) is 1. The summed E-state index contributed by atoms with van der Waals surface area (Å²) in [6, 6.07) is 13.3. The van der Waals surface area contributed by atoms with Gasteiger partial charge in [-0.1, -0.05) is 29.8 Å². The molecule has 23 heavy (non-hydrogen) atoms. The average molecular weight is 308 g/mol. The van der Waals surface area contributed by atoms with Crippen molar-refractivity contribution in [1.82, 2.24) is 0 Å². The lowest BCUT2D eigenvalue weighted by atomic mass is 10.0. The normalized spacial score (nSPS) is 14.2. The first-order valence-electron chi connectivity index (χ1n) is 7.84. The van der Waals surface area contributed by atoms with Crippen LogP contribution in [0.2, 0.25) is 0 Å². The van der Waals surface area contributed by atoms with Crippen molar-refractivity contribution in [2.75, 3.05) is 16.8 Å². The number of amides is 2. The summed E-state index contributed by atoms with van der Waals surface area (Å²) < 4.78 is 0. The van der Waals surface area contributed by atoms with E-state index >= 15 is 0 Å². The molecule has 0 atom stereocenters. The fourth-order valence-electron chi connectivity index (χ4n) is 2.89.